The van der Waals surface area contributed by atoms with Crippen molar-refractivity contribution in [1.82, 2.24) is 14.6 Å². The second-order valence-electron chi connectivity index (χ2n) is 6.59. The molecule has 1 fully saturated rings. The Kier molecular flexibility index (Phi) is 3.95. The van der Waals surface area contributed by atoms with Gasteiger partial charge in [-0.1, -0.05) is 29.5 Å². The van der Waals surface area contributed by atoms with Crippen molar-refractivity contribution >= 4 is 28.1 Å². The molecule has 4 rings (SSSR count). The number of aryl methyl sites for hydroxylation is 1. The minimum absolute atomic E-state index is 0.305. The number of fused-ring (bicyclic) bond motifs is 1. The number of thiazole rings is 1. The number of amides is 1. The number of carboxylic acid groups (broad SMARTS) is 1. The van der Waals surface area contributed by atoms with Gasteiger partial charge in [-0.3, -0.25) is 4.90 Å². The third-order valence-electron chi connectivity index (χ3n) is 4.67. The smallest absolute Gasteiger partial charge is 0.412 e. The molecule has 1 saturated carbocycles. The van der Waals surface area contributed by atoms with Crippen LogP contribution in [-0.4, -0.2) is 25.8 Å². The number of hydrogen-bond acceptors (Lipinski definition) is 4. The lowest BCUT2D eigenvalue weighted by Crippen LogP contribution is -2.32. The molecule has 0 saturated heterocycles. The zero-order chi connectivity index (χ0) is 17.6. The number of carbonyl (C=O) groups is 1. The molecule has 0 bridgehead atoms. The van der Waals surface area contributed by atoms with Gasteiger partial charge in [0.2, 0.25) is 4.96 Å². The third kappa shape index (κ3) is 3.00. The quantitative estimate of drug-likeness (QED) is 0.740. The number of anilines is 1. The molecule has 7 heteroatoms. The summed E-state index contributed by atoms with van der Waals surface area (Å²) in [6.07, 6.45) is 2.54. The maximum atomic E-state index is 11.9. The van der Waals surface area contributed by atoms with E-state index in [0.717, 1.165) is 33.7 Å². The Morgan fingerprint density at radius 2 is 2.12 bits per heavy atom. The van der Waals surface area contributed by atoms with Crippen molar-refractivity contribution in [3.05, 3.63) is 46.7 Å². The van der Waals surface area contributed by atoms with E-state index in [1.165, 1.54) is 29.1 Å². The summed E-state index contributed by atoms with van der Waals surface area (Å²) in [5.41, 5.74) is 1.62. The molecule has 2 heterocycles. The molecule has 1 unspecified atom stereocenters. The minimum Gasteiger partial charge on any atom is -0.465 e. The first-order valence-corrected chi connectivity index (χ1v) is 9.28. The summed E-state index contributed by atoms with van der Waals surface area (Å²) in [4.78, 5) is 19.7. The minimum atomic E-state index is -0.966. The predicted molar refractivity (Wildman–Crippen MR) is 97.4 cm³/mol. The van der Waals surface area contributed by atoms with Crippen molar-refractivity contribution in [2.75, 3.05) is 4.90 Å². The van der Waals surface area contributed by atoms with Crippen molar-refractivity contribution in [2.24, 2.45) is 5.92 Å². The number of hydrogen-bond donors (Lipinski definition) is 1. The van der Waals surface area contributed by atoms with Crippen LogP contribution in [0.15, 0.2) is 30.3 Å². The van der Waals surface area contributed by atoms with Crippen molar-refractivity contribution in [2.45, 2.75) is 39.2 Å². The van der Waals surface area contributed by atoms with Gasteiger partial charge in [0.05, 0.1) is 16.6 Å². The molecular formula is C18H20N4O2S. The van der Waals surface area contributed by atoms with Crippen LogP contribution in [0, 0.1) is 12.8 Å². The summed E-state index contributed by atoms with van der Waals surface area (Å²) in [7, 11) is 0. The molecule has 3 aromatic rings. The number of aromatic nitrogens is 3. The van der Waals surface area contributed by atoms with Gasteiger partial charge in [0.1, 0.15) is 0 Å². The lowest BCUT2D eigenvalue weighted by Gasteiger charge is -2.26. The van der Waals surface area contributed by atoms with E-state index in [-0.39, 0.29) is 6.04 Å². The molecule has 0 radical (unpaired) electrons. The SMILES string of the molecule is Cc1c(C(C)N(C(=O)O)c2ccccc2)sc2nc(CC3CC3)nn12. The molecule has 1 aliphatic rings. The van der Waals surface area contributed by atoms with Crippen LogP contribution in [0.3, 0.4) is 0 Å². The van der Waals surface area contributed by atoms with Gasteiger partial charge < -0.3 is 5.11 Å². The molecule has 1 atom stereocenters. The Balaban J connectivity index is 1.68. The molecule has 6 nitrogen and oxygen atoms in total. The van der Waals surface area contributed by atoms with Gasteiger partial charge in [-0.25, -0.2) is 14.3 Å². The van der Waals surface area contributed by atoms with Gasteiger partial charge in [0.25, 0.3) is 0 Å². The van der Waals surface area contributed by atoms with Crippen LogP contribution in [0.4, 0.5) is 10.5 Å². The van der Waals surface area contributed by atoms with Gasteiger partial charge >= 0.3 is 6.09 Å². The second-order valence-corrected chi connectivity index (χ2v) is 7.59. The maximum absolute atomic E-state index is 11.9. The fourth-order valence-corrected chi connectivity index (χ4v) is 4.28. The molecule has 1 amide bonds. The fraction of sp³-hybridized carbons (Fsp3) is 0.389. The first kappa shape index (κ1) is 16.1. The van der Waals surface area contributed by atoms with E-state index in [4.69, 9.17) is 0 Å². The van der Waals surface area contributed by atoms with Gasteiger partial charge in [-0.05, 0) is 44.7 Å². The molecule has 2 aromatic heterocycles. The predicted octanol–water partition coefficient (Wildman–Crippen LogP) is 4.30. The van der Waals surface area contributed by atoms with Crippen LogP contribution >= 0.6 is 11.3 Å². The monoisotopic (exact) mass is 356 g/mol. The number of rotatable bonds is 5. The van der Waals surface area contributed by atoms with Crippen LogP contribution < -0.4 is 4.90 Å². The van der Waals surface area contributed by atoms with Crippen LogP contribution in [0.25, 0.3) is 4.96 Å². The summed E-state index contributed by atoms with van der Waals surface area (Å²) in [6, 6.07) is 8.88. The standard InChI is InChI=1S/C18H20N4O2S/c1-11(21(18(23)24)14-6-4-3-5-7-14)16-12(2)22-17(25-16)19-15(20-22)10-13-8-9-13/h3-7,11,13H,8-10H2,1-2H3,(H,23,24). The summed E-state index contributed by atoms with van der Waals surface area (Å²) in [5.74, 6) is 1.64. The first-order valence-electron chi connectivity index (χ1n) is 8.46. The van der Waals surface area contributed by atoms with Gasteiger partial charge in [0, 0.05) is 12.1 Å². The highest BCUT2D eigenvalue weighted by atomic mass is 32.1. The van der Waals surface area contributed by atoms with E-state index >= 15 is 0 Å². The van der Waals surface area contributed by atoms with E-state index in [9.17, 15) is 9.90 Å². The Morgan fingerprint density at radius 1 is 1.40 bits per heavy atom. The topological polar surface area (TPSA) is 70.7 Å². The van der Waals surface area contributed by atoms with Crippen molar-refractivity contribution in [3.63, 3.8) is 0 Å². The summed E-state index contributed by atoms with van der Waals surface area (Å²) >= 11 is 1.53. The highest BCUT2D eigenvalue weighted by Crippen LogP contribution is 2.35. The lowest BCUT2D eigenvalue weighted by atomic mass is 10.2. The lowest BCUT2D eigenvalue weighted by molar-refractivity contribution is 0.199. The molecule has 25 heavy (non-hydrogen) atoms. The average molecular weight is 356 g/mol. The molecule has 1 aliphatic carbocycles. The summed E-state index contributed by atoms with van der Waals surface area (Å²) in [6.45, 7) is 3.89. The van der Waals surface area contributed by atoms with Gasteiger partial charge in [-0.2, -0.15) is 5.10 Å². The van der Waals surface area contributed by atoms with E-state index in [0.29, 0.717) is 5.69 Å². The largest absolute Gasteiger partial charge is 0.465 e. The van der Waals surface area contributed by atoms with Crippen LogP contribution in [0.1, 0.15) is 42.2 Å². The summed E-state index contributed by atoms with van der Waals surface area (Å²) in [5, 5.41) is 14.3. The zero-order valence-electron chi connectivity index (χ0n) is 14.2. The molecule has 130 valence electrons. The van der Waals surface area contributed by atoms with E-state index in [2.05, 4.69) is 10.1 Å². The van der Waals surface area contributed by atoms with Gasteiger partial charge in [-0.15, -0.1) is 0 Å². The van der Waals surface area contributed by atoms with Crippen LogP contribution in [0.2, 0.25) is 0 Å². The third-order valence-corrected chi connectivity index (χ3v) is 5.98. The zero-order valence-corrected chi connectivity index (χ0v) is 15.0. The first-order chi connectivity index (χ1) is 12.0. The number of benzene rings is 1. The average Bonchev–Trinajstić information content (AvgIpc) is 3.22. The Bertz CT molecular complexity index is 914. The Morgan fingerprint density at radius 3 is 2.72 bits per heavy atom. The summed E-state index contributed by atoms with van der Waals surface area (Å²) < 4.78 is 1.86. The number of para-hydroxylation sites is 1. The van der Waals surface area contributed by atoms with E-state index in [1.807, 2.05) is 48.7 Å². The molecular weight excluding hydrogens is 336 g/mol. The molecule has 0 aliphatic heterocycles. The van der Waals surface area contributed by atoms with E-state index < -0.39 is 6.09 Å². The van der Waals surface area contributed by atoms with E-state index in [1.54, 1.807) is 0 Å². The second kappa shape index (κ2) is 6.15. The maximum Gasteiger partial charge on any atom is 0.412 e. The molecule has 1 aromatic carbocycles. The van der Waals surface area contributed by atoms with Crippen molar-refractivity contribution in [1.29, 1.82) is 0 Å². The van der Waals surface area contributed by atoms with Crippen LogP contribution in [0.5, 0.6) is 0 Å². The Hall–Kier alpha value is -2.41. The highest BCUT2D eigenvalue weighted by molar-refractivity contribution is 7.17. The number of nitrogens with zero attached hydrogens (tertiary/aromatic N) is 4. The van der Waals surface area contributed by atoms with Crippen LogP contribution in [-0.2, 0) is 6.42 Å². The van der Waals surface area contributed by atoms with Crippen molar-refractivity contribution in [3.8, 4) is 0 Å². The highest BCUT2D eigenvalue weighted by Gasteiger charge is 2.28. The fourth-order valence-electron chi connectivity index (χ4n) is 3.16. The Labute approximate surface area is 149 Å². The normalized spacial score (nSPS) is 15.4. The van der Waals surface area contributed by atoms with Crippen molar-refractivity contribution < 1.29 is 9.90 Å². The molecule has 1 N–H and O–H groups in total. The molecule has 0 spiro atoms. The van der Waals surface area contributed by atoms with Gasteiger partial charge in [0.15, 0.2) is 5.82 Å².